The molecule has 4 rings (SSSR count). The van der Waals surface area contributed by atoms with Crippen LogP contribution in [-0.2, 0) is 13.0 Å². The summed E-state index contributed by atoms with van der Waals surface area (Å²) in [6, 6.07) is 2.65. The second-order valence-electron chi connectivity index (χ2n) is 5.74. The maximum Gasteiger partial charge on any atom is 0.0926 e. The van der Waals surface area contributed by atoms with Gasteiger partial charge in [0.25, 0.3) is 0 Å². The molecule has 5 heteroatoms. The van der Waals surface area contributed by atoms with Crippen molar-refractivity contribution in [3.05, 3.63) is 39.6 Å². The lowest BCUT2D eigenvalue weighted by atomic mass is 10.0. The van der Waals surface area contributed by atoms with Crippen molar-refractivity contribution in [3.63, 3.8) is 0 Å². The third-order valence-electron chi connectivity index (χ3n) is 4.31. The van der Waals surface area contributed by atoms with E-state index in [2.05, 4.69) is 31.6 Å². The number of thiophene rings is 1. The molecular weight excluding hydrogens is 268 g/mol. The van der Waals surface area contributed by atoms with Crippen LogP contribution in [-0.4, -0.2) is 34.5 Å². The number of fused-ring (bicyclic) bond motifs is 1. The summed E-state index contributed by atoms with van der Waals surface area (Å²) in [5.41, 5.74) is 3.94. The minimum atomic E-state index is 0.280. The molecule has 0 saturated carbocycles. The van der Waals surface area contributed by atoms with E-state index < -0.39 is 0 Å². The summed E-state index contributed by atoms with van der Waals surface area (Å²) in [6.07, 6.45) is 5.59. The van der Waals surface area contributed by atoms with E-state index in [1.165, 1.54) is 47.8 Å². The average molecular weight is 288 g/mol. The fourth-order valence-electron chi connectivity index (χ4n) is 3.28. The molecule has 2 N–H and O–H groups in total. The molecule has 20 heavy (non-hydrogen) atoms. The van der Waals surface area contributed by atoms with Gasteiger partial charge in [0, 0.05) is 30.1 Å². The number of hydrogen-bond donors (Lipinski definition) is 2. The predicted octanol–water partition coefficient (Wildman–Crippen LogP) is 2.30. The molecular formula is C15H20N4S. The third-order valence-corrected chi connectivity index (χ3v) is 5.36. The van der Waals surface area contributed by atoms with E-state index in [9.17, 15) is 0 Å². The Morgan fingerprint density at radius 2 is 2.25 bits per heavy atom. The van der Waals surface area contributed by atoms with Crippen LogP contribution in [0.15, 0.2) is 17.8 Å². The van der Waals surface area contributed by atoms with E-state index in [1.54, 1.807) is 0 Å². The van der Waals surface area contributed by atoms with Crippen LogP contribution < -0.4 is 5.32 Å². The van der Waals surface area contributed by atoms with Crippen molar-refractivity contribution in [3.8, 4) is 0 Å². The van der Waals surface area contributed by atoms with Gasteiger partial charge in [0.05, 0.1) is 18.1 Å². The third kappa shape index (κ3) is 2.30. The van der Waals surface area contributed by atoms with E-state index in [0.29, 0.717) is 0 Å². The van der Waals surface area contributed by atoms with Gasteiger partial charge >= 0.3 is 0 Å². The smallest absolute Gasteiger partial charge is 0.0926 e. The molecule has 0 unspecified atom stereocenters. The Morgan fingerprint density at radius 3 is 3.15 bits per heavy atom. The molecule has 2 aromatic heterocycles. The van der Waals surface area contributed by atoms with Crippen LogP contribution >= 0.6 is 11.3 Å². The van der Waals surface area contributed by atoms with Gasteiger partial charge < -0.3 is 10.3 Å². The molecule has 2 aliphatic rings. The first-order chi connectivity index (χ1) is 9.90. The maximum atomic E-state index is 4.51. The van der Waals surface area contributed by atoms with Crippen LogP contribution in [0.25, 0.3) is 0 Å². The number of hydrogen-bond acceptors (Lipinski definition) is 4. The number of likely N-dealkylation sites (tertiary alicyclic amines) is 1. The molecule has 106 valence electrons. The van der Waals surface area contributed by atoms with Crippen molar-refractivity contribution >= 4 is 11.3 Å². The fourth-order valence-corrected chi connectivity index (χ4v) is 4.26. The standard InChI is InChI=1S/C15H20N4S/c1-2-6-19(5-1)8-11-7-13(20-9-11)15-14-12(3-4-16-15)17-10-18-14/h7,9-10,15-16H,1-6,8H2,(H,17,18)/t15-/m0/s1. The van der Waals surface area contributed by atoms with Crippen molar-refractivity contribution in [1.29, 1.82) is 0 Å². The largest absolute Gasteiger partial charge is 0.348 e. The SMILES string of the molecule is c1nc2c([nH]1)CCN[C@H]2c1cc(CN2CCCC2)cs1. The van der Waals surface area contributed by atoms with Gasteiger partial charge in [0.15, 0.2) is 0 Å². The van der Waals surface area contributed by atoms with Crippen molar-refractivity contribution in [2.75, 3.05) is 19.6 Å². The fraction of sp³-hybridized carbons (Fsp3) is 0.533. The topological polar surface area (TPSA) is 44.0 Å². The van der Waals surface area contributed by atoms with Gasteiger partial charge in [-0.3, -0.25) is 4.90 Å². The molecule has 1 saturated heterocycles. The zero-order chi connectivity index (χ0) is 13.4. The monoisotopic (exact) mass is 288 g/mol. The highest BCUT2D eigenvalue weighted by Gasteiger charge is 2.25. The Kier molecular flexibility index (Phi) is 3.34. The van der Waals surface area contributed by atoms with Gasteiger partial charge in [-0.15, -0.1) is 11.3 Å². The van der Waals surface area contributed by atoms with Crippen LogP contribution in [0.1, 0.15) is 40.7 Å². The van der Waals surface area contributed by atoms with E-state index >= 15 is 0 Å². The maximum absolute atomic E-state index is 4.51. The van der Waals surface area contributed by atoms with Crippen molar-refractivity contribution in [1.82, 2.24) is 20.2 Å². The predicted molar refractivity (Wildman–Crippen MR) is 81.0 cm³/mol. The Labute approximate surface area is 123 Å². The van der Waals surface area contributed by atoms with E-state index in [-0.39, 0.29) is 6.04 Å². The highest BCUT2D eigenvalue weighted by molar-refractivity contribution is 7.10. The summed E-state index contributed by atoms with van der Waals surface area (Å²) in [7, 11) is 0. The van der Waals surface area contributed by atoms with E-state index in [4.69, 9.17) is 0 Å². The summed E-state index contributed by atoms with van der Waals surface area (Å²) >= 11 is 1.86. The molecule has 4 heterocycles. The van der Waals surface area contributed by atoms with Crippen molar-refractivity contribution < 1.29 is 0 Å². The molecule has 2 aromatic rings. The molecule has 0 spiro atoms. The number of rotatable bonds is 3. The van der Waals surface area contributed by atoms with E-state index in [1.807, 2.05) is 17.7 Å². The van der Waals surface area contributed by atoms with E-state index in [0.717, 1.165) is 19.5 Å². The number of nitrogens with zero attached hydrogens (tertiary/aromatic N) is 2. The molecule has 1 atom stereocenters. The highest BCUT2D eigenvalue weighted by atomic mass is 32.1. The van der Waals surface area contributed by atoms with Gasteiger partial charge in [0.2, 0.25) is 0 Å². The Balaban J connectivity index is 1.54. The lowest BCUT2D eigenvalue weighted by Gasteiger charge is -2.21. The highest BCUT2D eigenvalue weighted by Crippen LogP contribution is 2.31. The number of nitrogens with one attached hydrogen (secondary N) is 2. The summed E-state index contributed by atoms with van der Waals surface area (Å²) in [4.78, 5) is 11.7. The second-order valence-corrected chi connectivity index (χ2v) is 6.69. The first-order valence-electron chi connectivity index (χ1n) is 7.45. The van der Waals surface area contributed by atoms with Gasteiger partial charge in [-0.1, -0.05) is 0 Å². The molecule has 0 aliphatic carbocycles. The first-order valence-corrected chi connectivity index (χ1v) is 8.33. The van der Waals surface area contributed by atoms with Crippen LogP contribution in [0.4, 0.5) is 0 Å². The number of imidazole rings is 1. The van der Waals surface area contributed by atoms with Crippen LogP contribution in [0.5, 0.6) is 0 Å². The molecule has 0 bridgehead atoms. The molecule has 0 amide bonds. The minimum absolute atomic E-state index is 0.280. The van der Waals surface area contributed by atoms with Gasteiger partial charge in [-0.25, -0.2) is 4.98 Å². The summed E-state index contributed by atoms with van der Waals surface area (Å²) < 4.78 is 0. The lowest BCUT2D eigenvalue weighted by Crippen LogP contribution is -2.30. The Bertz CT molecular complexity index is 582. The summed E-state index contributed by atoms with van der Waals surface area (Å²) in [6.45, 7) is 4.66. The minimum Gasteiger partial charge on any atom is -0.348 e. The first kappa shape index (κ1) is 12.6. The van der Waals surface area contributed by atoms with Crippen LogP contribution in [0.3, 0.4) is 0 Å². The molecule has 0 aromatic carbocycles. The second kappa shape index (κ2) is 5.31. The Hall–Kier alpha value is -1.17. The number of aromatic amines is 1. The normalized spacial score (nSPS) is 23.1. The molecule has 4 nitrogen and oxygen atoms in total. The van der Waals surface area contributed by atoms with Crippen molar-refractivity contribution in [2.45, 2.75) is 31.8 Å². The quantitative estimate of drug-likeness (QED) is 0.911. The summed E-state index contributed by atoms with van der Waals surface area (Å²) in [5, 5.41) is 5.91. The van der Waals surface area contributed by atoms with Crippen LogP contribution in [0, 0.1) is 0 Å². The van der Waals surface area contributed by atoms with Gasteiger partial charge in [0.1, 0.15) is 0 Å². The zero-order valence-corrected chi connectivity index (χ0v) is 12.4. The van der Waals surface area contributed by atoms with Gasteiger partial charge in [-0.05, 0) is 42.9 Å². The number of aromatic nitrogens is 2. The lowest BCUT2D eigenvalue weighted by molar-refractivity contribution is 0.332. The molecule has 0 radical (unpaired) electrons. The zero-order valence-electron chi connectivity index (χ0n) is 11.6. The van der Waals surface area contributed by atoms with Crippen LogP contribution in [0.2, 0.25) is 0 Å². The molecule has 1 fully saturated rings. The number of H-pyrrole nitrogens is 1. The summed E-state index contributed by atoms with van der Waals surface area (Å²) in [5.74, 6) is 0. The van der Waals surface area contributed by atoms with Gasteiger partial charge in [-0.2, -0.15) is 0 Å². The molecule has 2 aliphatic heterocycles. The average Bonchev–Trinajstić information content (AvgIpc) is 3.19. The van der Waals surface area contributed by atoms with Crippen molar-refractivity contribution in [2.24, 2.45) is 0 Å². The Morgan fingerprint density at radius 1 is 1.35 bits per heavy atom.